The van der Waals surface area contributed by atoms with Crippen molar-refractivity contribution in [1.82, 2.24) is 0 Å². The smallest absolute Gasteiger partial charge is 0.269 e. The van der Waals surface area contributed by atoms with Gasteiger partial charge in [0, 0.05) is 17.8 Å². The van der Waals surface area contributed by atoms with E-state index >= 15 is 0 Å². The minimum absolute atomic E-state index is 0.00670. The zero-order valence-electron chi connectivity index (χ0n) is 13.0. The number of ether oxygens (including phenoxy) is 1. The van der Waals surface area contributed by atoms with Crippen LogP contribution in [0.4, 0.5) is 11.4 Å². The fourth-order valence-electron chi connectivity index (χ4n) is 2.06. The van der Waals surface area contributed by atoms with E-state index in [1.54, 1.807) is 6.92 Å². The second-order valence-electron chi connectivity index (χ2n) is 5.09. The lowest BCUT2D eigenvalue weighted by molar-refractivity contribution is -0.384. The molecule has 0 aliphatic carbocycles. The molecule has 0 aliphatic rings. The summed E-state index contributed by atoms with van der Waals surface area (Å²) in [5.41, 5.74) is 2.35. The Bertz CT molecular complexity index is 711. The van der Waals surface area contributed by atoms with Gasteiger partial charge < -0.3 is 10.1 Å². The number of aryl methyl sites for hydroxylation is 2. The van der Waals surface area contributed by atoms with Crippen LogP contribution in [0.15, 0.2) is 42.5 Å². The van der Waals surface area contributed by atoms with Crippen LogP contribution in [0.1, 0.15) is 18.1 Å². The van der Waals surface area contributed by atoms with Gasteiger partial charge >= 0.3 is 0 Å². The number of non-ortho nitro benzene ring substituents is 1. The first-order valence-electron chi connectivity index (χ1n) is 7.26. The van der Waals surface area contributed by atoms with Crippen molar-refractivity contribution < 1.29 is 14.5 Å². The molecular weight excluding hydrogens is 296 g/mol. The first-order chi connectivity index (χ1) is 11.0. The Morgan fingerprint density at radius 2 is 1.91 bits per heavy atom. The van der Waals surface area contributed by atoms with E-state index in [-0.39, 0.29) is 18.2 Å². The summed E-state index contributed by atoms with van der Waals surface area (Å²) in [5.74, 6) is 0.305. The van der Waals surface area contributed by atoms with Gasteiger partial charge in [0.05, 0.1) is 4.92 Å². The highest BCUT2D eigenvalue weighted by atomic mass is 16.6. The SMILES string of the molecule is CCc1ccc(OCC(=O)Nc2ccc([N+](=O)[O-])cc2C)cc1. The molecule has 23 heavy (non-hydrogen) atoms. The van der Waals surface area contributed by atoms with Crippen molar-refractivity contribution in [2.24, 2.45) is 0 Å². The molecule has 0 aromatic heterocycles. The number of rotatable bonds is 6. The molecule has 1 amide bonds. The zero-order valence-corrected chi connectivity index (χ0v) is 13.0. The molecular formula is C17H18N2O4. The molecule has 0 saturated carbocycles. The maximum absolute atomic E-state index is 11.9. The highest BCUT2D eigenvalue weighted by Crippen LogP contribution is 2.21. The minimum atomic E-state index is -0.471. The monoisotopic (exact) mass is 314 g/mol. The number of hydrogen-bond acceptors (Lipinski definition) is 4. The number of nitro groups is 1. The summed E-state index contributed by atoms with van der Waals surface area (Å²) >= 11 is 0. The first-order valence-corrected chi connectivity index (χ1v) is 7.26. The van der Waals surface area contributed by atoms with E-state index < -0.39 is 4.92 Å². The Labute approximate surface area is 134 Å². The molecule has 0 unspecified atom stereocenters. The number of anilines is 1. The van der Waals surface area contributed by atoms with Gasteiger partial charge in [-0.1, -0.05) is 19.1 Å². The van der Waals surface area contributed by atoms with E-state index in [0.29, 0.717) is 17.0 Å². The Kier molecular flexibility index (Phi) is 5.30. The van der Waals surface area contributed by atoms with Crippen molar-refractivity contribution in [3.63, 3.8) is 0 Å². The van der Waals surface area contributed by atoms with E-state index in [4.69, 9.17) is 4.74 Å². The van der Waals surface area contributed by atoms with Crippen LogP contribution in [0.25, 0.3) is 0 Å². The van der Waals surface area contributed by atoms with Crippen LogP contribution in [0.2, 0.25) is 0 Å². The summed E-state index contributed by atoms with van der Waals surface area (Å²) < 4.78 is 5.42. The van der Waals surface area contributed by atoms with Crippen LogP contribution >= 0.6 is 0 Å². The third-order valence-corrected chi connectivity index (χ3v) is 3.40. The molecule has 1 N–H and O–H groups in total. The molecule has 6 heteroatoms. The highest BCUT2D eigenvalue weighted by Gasteiger charge is 2.10. The summed E-state index contributed by atoms with van der Waals surface area (Å²) in [4.78, 5) is 22.1. The quantitative estimate of drug-likeness (QED) is 0.653. The van der Waals surface area contributed by atoms with Crippen LogP contribution in [-0.4, -0.2) is 17.4 Å². The number of nitro benzene ring substituents is 1. The van der Waals surface area contributed by atoms with Gasteiger partial charge in [0.2, 0.25) is 0 Å². The molecule has 0 aliphatic heterocycles. The molecule has 0 bridgehead atoms. The van der Waals surface area contributed by atoms with Crippen molar-refractivity contribution in [3.05, 3.63) is 63.7 Å². The van der Waals surface area contributed by atoms with Crippen LogP contribution in [-0.2, 0) is 11.2 Å². The third-order valence-electron chi connectivity index (χ3n) is 3.40. The third kappa shape index (κ3) is 4.54. The fourth-order valence-corrected chi connectivity index (χ4v) is 2.06. The Morgan fingerprint density at radius 3 is 2.48 bits per heavy atom. The summed E-state index contributed by atoms with van der Waals surface area (Å²) in [5, 5.41) is 13.4. The molecule has 0 radical (unpaired) electrons. The van der Waals surface area contributed by atoms with Crippen molar-refractivity contribution in [3.8, 4) is 5.75 Å². The summed E-state index contributed by atoms with van der Waals surface area (Å²) in [6.07, 6.45) is 0.945. The molecule has 2 rings (SSSR count). The van der Waals surface area contributed by atoms with Gasteiger partial charge in [-0.05, 0) is 42.7 Å². The molecule has 0 atom stereocenters. The number of carbonyl (C=O) groups excluding carboxylic acids is 1. The molecule has 2 aromatic carbocycles. The van der Waals surface area contributed by atoms with Gasteiger partial charge in [-0.3, -0.25) is 14.9 Å². The number of hydrogen-bond donors (Lipinski definition) is 1. The van der Waals surface area contributed by atoms with E-state index in [9.17, 15) is 14.9 Å². The van der Waals surface area contributed by atoms with Crippen molar-refractivity contribution >= 4 is 17.3 Å². The summed E-state index contributed by atoms with van der Waals surface area (Å²) in [6.45, 7) is 3.64. The lowest BCUT2D eigenvalue weighted by Gasteiger charge is -2.10. The van der Waals surface area contributed by atoms with Gasteiger partial charge in [0.1, 0.15) is 5.75 Å². The topological polar surface area (TPSA) is 81.5 Å². The molecule has 0 fully saturated rings. The number of amides is 1. The summed E-state index contributed by atoms with van der Waals surface area (Å²) in [6, 6.07) is 11.8. The lowest BCUT2D eigenvalue weighted by atomic mass is 10.2. The molecule has 0 spiro atoms. The number of nitrogens with one attached hydrogen (secondary N) is 1. The lowest BCUT2D eigenvalue weighted by Crippen LogP contribution is -2.20. The van der Waals surface area contributed by atoms with Crippen LogP contribution < -0.4 is 10.1 Å². The van der Waals surface area contributed by atoms with Crippen LogP contribution in [0, 0.1) is 17.0 Å². The highest BCUT2D eigenvalue weighted by molar-refractivity contribution is 5.92. The molecule has 0 saturated heterocycles. The number of carbonyl (C=O) groups is 1. The molecule has 120 valence electrons. The predicted molar refractivity (Wildman–Crippen MR) is 87.8 cm³/mol. The molecule has 6 nitrogen and oxygen atoms in total. The second kappa shape index (κ2) is 7.40. The maximum atomic E-state index is 11.9. The minimum Gasteiger partial charge on any atom is -0.484 e. The second-order valence-corrected chi connectivity index (χ2v) is 5.09. The number of nitrogens with zero attached hydrogens (tertiary/aromatic N) is 1. The van der Waals surface area contributed by atoms with Crippen molar-refractivity contribution in [2.45, 2.75) is 20.3 Å². The van der Waals surface area contributed by atoms with Crippen molar-refractivity contribution in [2.75, 3.05) is 11.9 Å². The first kappa shape index (κ1) is 16.5. The van der Waals surface area contributed by atoms with Gasteiger partial charge in [-0.15, -0.1) is 0 Å². The molecule has 0 heterocycles. The van der Waals surface area contributed by atoms with Crippen molar-refractivity contribution in [1.29, 1.82) is 0 Å². The van der Waals surface area contributed by atoms with E-state index in [2.05, 4.69) is 12.2 Å². The van der Waals surface area contributed by atoms with Crippen LogP contribution in [0.5, 0.6) is 5.75 Å². The zero-order chi connectivity index (χ0) is 16.8. The average molecular weight is 314 g/mol. The molecule has 2 aromatic rings. The van der Waals surface area contributed by atoms with E-state index in [1.165, 1.54) is 23.8 Å². The Hall–Kier alpha value is -2.89. The number of benzene rings is 2. The van der Waals surface area contributed by atoms with Gasteiger partial charge in [-0.25, -0.2) is 0 Å². The summed E-state index contributed by atoms with van der Waals surface area (Å²) in [7, 11) is 0. The normalized spacial score (nSPS) is 10.2. The fraction of sp³-hybridized carbons (Fsp3) is 0.235. The Morgan fingerprint density at radius 1 is 1.22 bits per heavy atom. The van der Waals surface area contributed by atoms with Crippen LogP contribution in [0.3, 0.4) is 0 Å². The average Bonchev–Trinajstić information content (AvgIpc) is 2.55. The van der Waals surface area contributed by atoms with Gasteiger partial charge in [0.15, 0.2) is 6.61 Å². The van der Waals surface area contributed by atoms with Gasteiger partial charge in [-0.2, -0.15) is 0 Å². The standard InChI is InChI=1S/C17H18N2O4/c1-3-13-4-7-15(8-5-13)23-11-17(20)18-16-9-6-14(19(21)22)10-12(16)2/h4-10H,3,11H2,1-2H3,(H,18,20). The van der Waals surface area contributed by atoms with Gasteiger partial charge in [0.25, 0.3) is 11.6 Å². The predicted octanol–water partition coefficient (Wildman–Crippen LogP) is 3.48. The Balaban J connectivity index is 1.92. The van der Waals surface area contributed by atoms with E-state index in [0.717, 1.165) is 6.42 Å². The maximum Gasteiger partial charge on any atom is 0.269 e. The largest absolute Gasteiger partial charge is 0.484 e. The van der Waals surface area contributed by atoms with E-state index in [1.807, 2.05) is 24.3 Å².